The second-order valence-corrected chi connectivity index (χ2v) is 6.50. The standard InChI is InChI=1S/C21H24N2O4/c1-4-20(24)22-16-8-9-19-18(13-16)23(21(25)15(3)27-19)10-11-26-17-7-5-6-14(2)12-17/h5-9,12-13,15H,4,10-11H2,1-3H3,(H,22,24). The van der Waals surface area contributed by atoms with E-state index < -0.39 is 6.10 Å². The van der Waals surface area contributed by atoms with Gasteiger partial charge in [0.15, 0.2) is 6.10 Å². The molecule has 1 unspecified atom stereocenters. The number of amides is 2. The summed E-state index contributed by atoms with van der Waals surface area (Å²) in [6, 6.07) is 13.1. The van der Waals surface area contributed by atoms with Gasteiger partial charge in [0.2, 0.25) is 5.91 Å². The topological polar surface area (TPSA) is 67.9 Å². The van der Waals surface area contributed by atoms with Gasteiger partial charge < -0.3 is 19.7 Å². The number of ether oxygens (including phenoxy) is 2. The SMILES string of the molecule is CCC(=O)Nc1ccc2c(c1)N(CCOc1cccc(C)c1)C(=O)C(C)O2. The minimum atomic E-state index is -0.562. The molecule has 0 fully saturated rings. The molecule has 1 heterocycles. The van der Waals surface area contributed by atoms with Gasteiger partial charge in [0.1, 0.15) is 18.1 Å². The van der Waals surface area contributed by atoms with Gasteiger partial charge in [-0.15, -0.1) is 0 Å². The Morgan fingerprint density at radius 2 is 2.07 bits per heavy atom. The first-order valence-electron chi connectivity index (χ1n) is 9.09. The average molecular weight is 368 g/mol. The molecule has 3 rings (SSSR count). The molecule has 6 heteroatoms. The summed E-state index contributed by atoms with van der Waals surface area (Å²) < 4.78 is 11.5. The van der Waals surface area contributed by atoms with Crippen molar-refractivity contribution in [3.63, 3.8) is 0 Å². The maximum atomic E-state index is 12.6. The summed E-state index contributed by atoms with van der Waals surface area (Å²) in [5.74, 6) is 1.18. The largest absolute Gasteiger partial charge is 0.492 e. The van der Waals surface area contributed by atoms with Gasteiger partial charge in [0.05, 0.1) is 12.2 Å². The number of hydrogen-bond donors (Lipinski definition) is 1. The van der Waals surface area contributed by atoms with Crippen LogP contribution in [0.15, 0.2) is 42.5 Å². The molecule has 6 nitrogen and oxygen atoms in total. The van der Waals surface area contributed by atoms with Crippen molar-refractivity contribution in [2.75, 3.05) is 23.4 Å². The first-order valence-corrected chi connectivity index (χ1v) is 9.09. The summed E-state index contributed by atoms with van der Waals surface area (Å²) in [5.41, 5.74) is 2.39. The number of anilines is 2. The number of rotatable bonds is 6. The molecule has 1 aliphatic heterocycles. The fourth-order valence-electron chi connectivity index (χ4n) is 2.92. The van der Waals surface area contributed by atoms with Gasteiger partial charge in [-0.05, 0) is 49.7 Å². The molecule has 2 aromatic carbocycles. The van der Waals surface area contributed by atoms with E-state index in [1.165, 1.54) is 0 Å². The summed E-state index contributed by atoms with van der Waals surface area (Å²) in [7, 11) is 0. The van der Waals surface area contributed by atoms with E-state index in [0.29, 0.717) is 36.7 Å². The van der Waals surface area contributed by atoms with Crippen LogP contribution in [-0.4, -0.2) is 31.1 Å². The number of aryl methyl sites for hydroxylation is 1. The van der Waals surface area contributed by atoms with E-state index in [9.17, 15) is 9.59 Å². The third-order valence-corrected chi connectivity index (χ3v) is 4.35. The Hall–Kier alpha value is -3.02. The Morgan fingerprint density at radius 1 is 1.26 bits per heavy atom. The van der Waals surface area contributed by atoms with Crippen LogP contribution in [0, 0.1) is 6.92 Å². The first-order chi connectivity index (χ1) is 13.0. The van der Waals surface area contributed by atoms with E-state index in [0.717, 1.165) is 11.3 Å². The van der Waals surface area contributed by atoms with E-state index in [4.69, 9.17) is 9.47 Å². The quantitative estimate of drug-likeness (QED) is 0.847. The lowest BCUT2D eigenvalue weighted by Crippen LogP contribution is -2.46. The molecule has 1 N–H and O–H groups in total. The number of nitrogens with one attached hydrogen (secondary N) is 1. The van der Waals surface area contributed by atoms with Crippen LogP contribution in [0.2, 0.25) is 0 Å². The number of nitrogens with zero attached hydrogens (tertiary/aromatic N) is 1. The molecule has 0 aliphatic carbocycles. The minimum absolute atomic E-state index is 0.0827. The highest BCUT2D eigenvalue weighted by Crippen LogP contribution is 2.36. The minimum Gasteiger partial charge on any atom is -0.492 e. The van der Waals surface area contributed by atoms with Gasteiger partial charge in [-0.2, -0.15) is 0 Å². The van der Waals surface area contributed by atoms with Crippen molar-refractivity contribution in [2.45, 2.75) is 33.3 Å². The van der Waals surface area contributed by atoms with Crippen LogP contribution in [0.1, 0.15) is 25.8 Å². The Kier molecular flexibility index (Phi) is 5.64. The van der Waals surface area contributed by atoms with Gasteiger partial charge in [-0.25, -0.2) is 0 Å². The molecular formula is C21H24N2O4. The molecular weight excluding hydrogens is 344 g/mol. The zero-order chi connectivity index (χ0) is 19.4. The molecule has 2 amide bonds. The smallest absolute Gasteiger partial charge is 0.267 e. The highest BCUT2D eigenvalue weighted by atomic mass is 16.5. The molecule has 2 aromatic rings. The monoisotopic (exact) mass is 368 g/mol. The summed E-state index contributed by atoms with van der Waals surface area (Å²) in [5, 5.41) is 2.81. The summed E-state index contributed by atoms with van der Waals surface area (Å²) >= 11 is 0. The van der Waals surface area contributed by atoms with Crippen molar-refractivity contribution >= 4 is 23.2 Å². The van der Waals surface area contributed by atoms with Crippen molar-refractivity contribution in [3.8, 4) is 11.5 Å². The highest BCUT2D eigenvalue weighted by Gasteiger charge is 2.31. The van der Waals surface area contributed by atoms with Crippen LogP contribution < -0.4 is 19.7 Å². The fourth-order valence-corrected chi connectivity index (χ4v) is 2.92. The zero-order valence-electron chi connectivity index (χ0n) is 15.8. The van der Waals surface area contributed by atoms with Crippen molar-refractivity contribution in [1.82, 2.24) is 0 Å². The van der Waals surface area contributed by atoms with Gasteiger partial charge in [0.25, 0.3) is 5.91 Å². The normalized spacial score (nSPS) is 15.7. The molecule has 0 aromatic heterocycles. The van der Waals surface area contributed by atoms with E-state index in [1.807, 2.05) is 31.2 Å². The Balaban J connectivity index is 1.76. The summed E-state index contributed by atoms with van der Waals surface area (Å²) in [6.07, 6.45) is -0.176. The van der Waals surface area contributed by atoms with E-state index in [1.54, 1.807) is 36.9 Å². The van der Waals surface area contributed by atoms with Crippen LogP contribution >= 0.6 is 0 Å². The zero-order valence-corrected chi connectivity index (χ0v) is 15.8. The van der Waals surface area contributed by atoms with Crippen molar-refractivity contribution in [3.05, 3.63) is 48.0 Å². The average Bonchev–Trinajstić information content (AvgIpc) is 2.65. The van der Waals surface area contributed by atoms with Crippen molar-refractivity contribution < 1.29 is 19.1 Å². The maximum Gasteiger partial charge on any atom is 0.267 e. The molecule has 1 atom stereocenters. The predicted molar refractivity (Wildman–Crippen MR) is 104 cm³/mol. The molecule has 0 radical (unpaired) electrons. The lowest BCUT2D eigenvalue weighted by atomic mass is 10.1. The van der Waals surface area contributed by atoms with Gasteiger partial charge in [0, 0.05) is 12.1 Å². The third kappa shape index (κ3) is 4.39. The van der Waals surface area contributed by atoms with Gasteiger partial charge in [-0.3, -0.25) is 9.59 Å². The number of fused-ring (bicyclic) bond motifs is 1. The number of carbonyl (C=O) groups excluding carboxylic acids is 2. The van der Waals surface area contributed by atoms with Crippen molar-refractivity contribution in [1.29, 1.82) is 0 Å². The molecule has 0 spiro atoms. The maximum absolute atomic E-state index is 12.6. The lowest BCUT2D eigenvalue weighted by Gasteiger charge is -2.33. The highest BCUT2D eigenvalue weighted by molar-refractivity contribution is 6.01. The number of benzene rings is 2. The number of hydrogen-bond acceptors (Lipinski definition) is 4. The van der Waals surface area contributed by atoms with Crippen LogP contribution in [-0.2, 0) is 9.59 Å². The van der Waals surface area contributed by atoms with Gasteiger partial charge in [-0.1, -0.05) is 19.1 Å². The van der Waals surface area contributed by atoms with Crippen LogP contribution in [0.25, 0.3) is 0 Å². The molecule has 0 saturated heterocycles. The second kappa shape index (κ2) is 8.12. The fraction of sp³-hybridized carbons (Fsp3) is 0.333. The third-order valence-electron chi connectivity index (χ3n) is 4.35. The molecule has 1 aliphatic rings. The van der Waals surface area contributed by atoms with Gasteiger partial charge >= 0.3 is 0 Å². The second-order valence-electron chi connectivity index (χ2n) is 6.50. The molecule has 142 valence electrons. The Bertz CT molecular complexity index is 850. The molecule has 0 bridgehead atoms. The predicted octanol–water partition coefficient (Wildman–Crippen LogP) is 3.54. The van der Waals surface area contributed by atoms with Crippen LogP contribution in [0.4, 0.5) is 11.4 Å². The Morgan fingerprint density at radius 3 is 2.81 bits per heavy atom. The summed E-state index contributed by atoms with van der Waals surface area (Å²) in [6.45, 7) is 6.26. The van der Waals surface area contributed by atoms with Crippen molar-refractivity contribution in [2.24, 2.45) is 0 Å². The lowest BCUT2D eigenvalue weighted by molar-refractivity contribution is -0.125. The van der Waals surface area contributed by atoms with E-state index >= 15 is 0 Å². The Labute approximate surface area is 159 Å². The number of carbonyl (C=O) groups is 2. The van der Waals surface area contributed by atoms with Crippen LogP contribution in [0.3, 0.4) is 0 Å². The van der Waals surface area contributed by atoms with Crippen LogP contribution in [0.5, 0.6) is 11.5 Å². The van der Waals surface area contributed by atoms with E-state index in [-0.39, 0.29) is 11.8 Å². The first kappa shape index (κ1) is 18.8. The summed E-state index contributed by atoms with van der Waals surface area (Å²) in [4.78, 5) is 25.9. The molecule has 27 heavy (non-hydrogen) atoms. The van der Waals surface area contributed by atoms with E-state index in [2.05, 4.69) is 5.32 Å². The molecule has 0 saturated carbocycles.